The Morgan fingerprint density at radius 3 is 2.38 bits per heavy atom. The molecule has 1 rings (SSSR count). The predicted octanol–water partition coefficient (Wildman–Crippen LogP) is 3.07. The minimum atomic E-state index is -0.623. The first-order valence-electron chi connectivity index (χ1n) is 5.32. The minimum absolute atomic E-state index is 0.126. The van der Waals surface area contributed by atoms with Crippen LogP contribution in [0.2, 0.25) is 0 Å². The molecule has 1 unspecified atom stereocenters. The quantitative estimate of drug-likeness (QED) is 0.729. The Balaban J connectivity index is 2.68. The van der Waals surface area contributed by atoms with Gasteiger partial charge in [-0.05, 0) is 24.2 Å². The molecule has 2 heteroatoms. The molecule has 0 aliphatic heterocycles. The number of rotatable bonds is 4. The standard InChI is InChI=1S/C11H20O2/c1-3-9(2)11(8-10(12)13)6-4-5-7-11/h9H,3-8H2,1-2H3,(H,12,13). The number of carbonyl (C=O) groups is 1. The van der Waals surface area contributed by atoms with Crippen molar-refractivity contribution in [3.63, 3.8) is 0 Å². The third-order valence-electron chi connectivity index (χ3n) is 3.76. The molecule has 0 aromatic heterocycles. The monoisotopic (exact) mass is 184 g/mol. The van der Waals surface area contributed by atoms with E-state index in [4.69, 9.17) is 5.11 Å². The summed E-state index contributed by atoms with van der Waals surface area (Å²) < 4.78 is 0. The van der Waals surface area contributed by atoms with E-state index in [0.29, 0.717) is 12.3 Å². The summed E-state index contributed by atoms with van der Waals surface area (Å²) in [6, 6.07) is 0. The molecule has 1 aliphatic rings. The van der Waals surface area contributed by atoms with Crippen molar-refractivity contribution in [3.05, 3.63) is 0 Å². The summed E-state index contributed by atoms with van der Waals surface area (Å²) in [7, 11) is 0. The molecule has 13 heavy (non-hydrogen) atoms. The molecule has 0 amide bonds. The normalized spacial score (nSPS) is 22.9. The molecule has 1 N–H and O–H groups in total. The van der Waals surface area contributed by atoms with Crippen molar-refractivity contribution in [2.24, 2.45) is 11.3 Å². The molecule has 2 nitrogen and oxygen atoms in total. The van der Waals surface area contributed by atoms with Gasteiger partial charge in [0.2, 0.25) is 0 Å². The molecule has 0 saturated heterocycles. The third kappa shape index (κ3) is 2.23. The number of carboxylic acid groups (broad SMARTS) is 1. The molecular formula is C11H20O2. The molecule has 0 aromatic rings. The van der Waals surface area contributed by atoms with Gasteiger partial charge in [0.05, 0.1) is 6.42 Å². The van der Waals surface area contributed by atoms with Gasteiger partial charge in [0.25, 0.3) is 0 Å². The number of aliphatic carboxylic acids is 1. The lowest BCUT2D eigenvalue weighted by atomic mass is 9.71. The summed E-state index contributed by atoms with van der Waals surface area (Å²) in [6.07, 6.45) is 6.16. The molecule has 0 radical (unpaired) electrons. The van der Waals surface area contributed by atoms with Crippen molar-refractivity contribution in [2.45, 2.75) is 52.4 Å². The summed E-state index contributed by atoms with van der Waals surface area (Å²) in [5.74, 6) is -0.0618. The highest BCUT2D eigenvalue weighted by Gasteiger charge is 2.39. The van der Waals surface area contributed by atoms with Crippen molar-refractivity contribution in [1.29, 1.82) is 0 Å². The Bertz CT molecular complexity index is 181. The summed E-state index contributed by atoms with van der Waals surface area (Å²) in [5.41, 5.74) is 0.126. The highest BCUT2D eigenvalue weighted by molar-refractivity contribution is 5.67. The van der Waals surface area contributed by atoms with Gasteiger partial charge < -0.3 is 5.11 Å². The third-order valence-corrected chi connectivity index (χ3v) is 3.76. The number of hydrogen-bond acceptors (Lipinski definition) is 1. The molecule has 0 bridgehead atoms. The van der Waals surface area contributed by atoms with Crippen LogP contribution in [0, 0.1) is 11.3 Å². The minimum Gasteiger partial charge on any atom is -0.481 e. The Morgan fingerprint density at radius 2 is 2.00 bits per heavy atom. The fraction of sp³-hybridized carbons (Fsp3) is 0.909. The molecule has 1 fully saturated rings. The molecular weight excluding hydrogens is 164 g/mol. The van der Waals surface area contributed by atoms with E-state index in [9.17, 15) is 4.79 Å². The Hall–Kier alpha value is -0.530. The Labute approximate surface area is 80.3 Å². The second kappa shape index (κ2) is 4.12. The topological polar surface area (TPSA) is 37.3 Å². The lowest BCUT2D eigenvalue weighted by Crippen LogP contribution is -2.28. The largest absolute Gasteiger partial charge is 0.481 e. The van der Waals surface area contributed by atoms with Crippen molar-refractivity contribution < 1.29 is 9.90 Å². The number of hydrogen-bond donors (Lipinski definition) is 1. The van der Waals surface area contributed by atoms with Crippen LogP contribution in [0.3, 0.4) is 0 Å². The fourth-order valence-electron chi connectivity index (χ4n) is 2.66. The molecule has 0 heterocycles. The molecule has 76 valence electrons. The van der Waals surface area contributed by atoms with Gasteiger partial charge in [-0.2, -0.15) is 0 Å². The summed E-state index contributed by atoms with van der Waals surface area (Å²) in [6.45, 7) is 4.36. The highest BCUT2D eigenvalue weighted by atomic mass is 16.4. The van der Waals surface area contributed by atoms with Crippen molar-refractivity contribution >= 4 is 5.97 Å². The zero-order valence-electron chi connectivity index (χ0n) is 8.68. The maximum Gasteiger partial charge on any atom is 0.303 e. The van der Waals surface area contributed by atoms with Gasteiger partial charge in [-0.15, -0.1) is 0 Å². The predicted molar refractivity (Wildman–Crippen MR) is 52.6 cm³/mol. The maximum absolute atomic E-state index is 10.8. The van der Waals surface area contributed by atoms with Crippen molar-refractivity contribution in [3.8, 4) is 0 Å². The van der Waals surface area contributed by atoms with Crippen LogP contribution < -0.4 is 0 Å². The summed E-state index contributed by atoms with van der Waals surface area (Å²) in [5, 5.41) is 8.88. The van der Waals surface area contributed by atoms with Gasteiger partial charge >= 0.3 is 5.97 Å². The fourth-order valence-corrected chi connectivity index (χ4v) is 2.66. The average molecular weight is 184 g/mol. The molecule has 0 aromatic carbocycles. The molecule has 1 saturated carbocycles. The summed E-state index contributed by atoms with van der Waals surface area (Å²) >= 11 is 0. The van der Waals surface area contributed by atoms with Crippen LogP contribution in [0.1, 0.15) is 52.4 Å². The first kappa shape index (κ1) is 10.6. The smallest absolute Gasteiger partial charge is 0.303 e. The van der Waals surface area contributed by atoms with Crippen LogP contribution in [0.15, 0.2) is 0 Å². The molecule has 1 atom stereocenters. The van der Waals surface area contributed by atoms with Crippen LogP contribution in [-0.4, -0.2) is 11.1 Å². The van der Waals surface area contributed by atoms with Crippen molar-refractivity contribution in [1.82, 2.24) is 0 Å². The van der Waals surface area contributed by atoms with Crippen LogP contribution in [-0.2, 0) is 4.79 Å². The lowest BCUT2D eigenvalue weighted by Gasteiger charge is -2.33. The average Bonchev–Trinajstić information content (AvgIpc) is 2.51. The SMILES string of the molecule is CCC(C)C1(CC(=O)O)CCCC1. The first-order chi connectivity index (χ1) is 6.10. The Kier molecular flexibility index (Phi) is 3.34. The zero-order chi connectivity index (χ0) is 9.90. The van der Waals surface area contributed by atoms with Gasteiger partial charge in [0.15, 0.2) is 0 Å². The summed E-state index contributed by atoms with van der Waals surface area (Å²) in [4.78, 5) is 10.8. The zero-order valence-corrected chi connectivity index (χ0v) is 8.68. The maximum atomic E-state index is 10.8. The van der Waals surface area contributed by atoms with E-state index in [0.717, 1.165) is 19.3 Å². The van der Waals surface area contributed by atoms with Gasteiger partial charge in [-0.3, -0.25) is 4.79 Å². The van der Waals surface area contributed by atoms with Gasteiger partial charge in [0, 0.05) is 0 Å². The van der Waals surface area contributed by atoms with E-state index in [-0.39, 0.29) is 5.41 Å². The van der Waals surface area contributed by atoms with Crippen LogP contribution >= 0.6 is 0 Å². The Morgan fingerprint density at radius 1 is 1.46 bits per heavy atom. The van der Waals surface area contributed by atoms with E-state index >= 15 is 0 Å². The van der Waals surface area contributed by atoms with E-state index in [1.54, 1.807) is 0 Å². The first-order valence-corrected chi connectivity index (χ1v) is 5.32. The second-order valence-corrected chi connectivity index (χ2v) is 4.45. The van der Waals surface area contributed by atoms with E-state index in [1.807, 2.05) is 0 Å². The van der Waals surface area contributed by atoms with E-state index in [1.165, 1.54) is 12.8 Å². The second-order valence-electron chi connectivity index (χ2n) is 4.45. The van der Waals surface area contributed by atoms with Gasteiger partial charge in [-0.1, -0.05) is 33.1 Å². The van der Waals surface area contributed by atoms with Crippen LogP contribution in [0.4, 0.5) is 0 Å². The van der Waals surface area contributed by atoms with E-state index in [2.05, 4.69) is 13.8 Å². The lowest BCUT2D eigenvalue weighted by molar-refractivity contribution is -0.140. The van der Waals surface area contributed by atoms with Gasteiger partial charge in [0.1, 0.15) is 0 Å². The highest BCUT2D eigenvalue weighted by Crippen LogP contribution is 2.48. The van der Waals surface area contributed by atoms with Crippen molar-refractivity contribution in [2.75, 3.05) is 0 Å². The molecule has 0 spiro atoms. The van der Waals surface area contributed by atoms with Gasteiger partial charge in [-0.25, -0.2) is 0 Å². The molecule has 1 aliphatic carbocycles. The number of carboxylic acids is 1. The van der Waals surface area contributed by atoms with Crippen LogP contribution in [0.5, 0.6) is 0 Å². The van der Waals surface area contributed by atoms with Crippen LogP contribution in [0.25, 0.3) is 0 Å². The van der Waals surface area contributed by atoms with E-state index < -0.39 is 5.97 Å².